The quantitative estimate of drug-likeness (QED) is 0.879. The minimum atomic E-state index is -3.77. The molecule has 0 saturated carbocycles. The summed E-state index contributed by atoms with van der Waals surface area (Å²) >= 11 is 0. The molecule has 21 heavy (non-hydrogen) atoms. The van der Waals surface area contributed by atoms with E-state index in [0.29, 0.717) is 16.8 Å². The molecule has 0 aliphatic heterocycles. The first kappa shape index (κ1) is 15.5. The van der Waals surface area contributed by atoms with Crippen molar-refractivity contribution in [2.45, 2.75) is 18.7 Å². The standard InChI is InChI=1S/C15H14ClNO3S/c1-10-5-3-4-6-13(10)15(18)17-14-8-7-12(9-11(14)2)21(16,19)20/h3-9H,1-2H3,(H,17,18). The molecule has 0 aliphatic carbocycles. The van der Waals surface area contributed by atoms with E-state index >= 15 is 0 Å². The van der Waals surface area contributed by atoms with Crippen LogP contribution in [0.1, 0.15) is 21.5 Å². The third kappa shape index (κ3) is 3.62. The predicted molar refractivity (Wildman–Crippen MR) is 83.4 cm³/mol. The van der Waals surface area contributed by atoms with E-state index < -0.39 is 9.05 Å². The lowest BCUT2D eigenvalue weighted by molar-refractivity contribution is 0.102. The summed E-state index contributed by atoms with van der Waals surface area (Å²) in [4.78, 5) is 12.2. The van der Waals surface area contributed by atoms with Crippen LogP contribution in [-0.2, 0) is 9.05 Å². The van der Waals surface area contributed by atoms with Gasteiger partial charge in [0.05, 0.1) is 4.90 Å². The van der Waals surface area contributed by atoms with Gasteiger partial charge in [0.25, 0.3) is 15.0 Å². The lowest BCUT2D eigenvalue weighted by Gasteiger charge is -2.10. The zero-order valence-electron chi connectivity index (χ0n) is 11.6. The third-order valence-electron chi connectivity index (χ3n) is 3.12. The van der Waals surface area contributed by atoms with E-state index in [1.165, 1.54) is 18.2 Å². The van der Waals surface area contributed by atoms with Crippen LogP contribution in [-0.4, -0.2) is 14.3 Å². The normalized spacial score (nSPS) is 11.2. The molecule has 2 rings (SSSR count). The van der Waals surface area contributed by atoms with Gasteiger partial charge in [-0.25, -0.2) is 8.42 Å². The summed E-state index contributed by atoms with van der Waals surface area (Å²) in [5, 5.41) is 2.77. The van der Waals surface area contributed by atoms with Gasteiger partial charge in [-0.15, -0.1) is 0 Å². The lowest BCUT2D eigenvalue weighted by atomic mass is 10.1. The number of aryl methyl sites for hydroxylation is 2. The molecule has 0 fully saturated rings. The van der Waals surface area contributed by atoms with E-state index in [2.05, 4.69) is 5.32 Å². The highest BCUT2D eigenvalue weighted by molar-refractivity contribution is 8.13. The molecule has 1 amide bonds. The summed E-state index contributed by atoms with van der Waals surface area (Å²) in [6.45, 7) is 3.56. The van der Waals surface area contributed by atoms with E-state index in [1.807, 2.05) is 19.1 Å². The highest BCUT2D eigenvalue weighted by Gasteiger charge is 2.14. The fourth-order valence-corrected chi connectivity index (χ4v) is 2.78. The molecule has 0 bridgehead atoms. The van der Waals surface area contributed by atoms with Gasteiger partial charge >= 0.3 is 0 Å². The van der Waals surface area contributed by atoms with Gasteiger partial charge in [0.2, 0.25) is 0 Å². The van der Waals surface area contributed by atoms with Crippen LogP contribution in [0.25, 0.3) is 0 Å². The second-order valence-corrected chi connectivity index (χ2v) is 7.25. The van der Waals surface area contributed by atoms with Crippen molar-refractivity contribution < 1.29 is 13.2 Å². The Labute approximate surface area is 128 Å². The van der Waals surface area contributed by atoms with Gasteiger partial charge in [0.1, 0.15) is 0 Å². The van der Waals surface area contributed by atoms with Crippen molar-refractivity contribution in [1.82, 2.24) is 0 Å². The first-order valence-corrected chi connectivity index (χ1v) is 8.52. The first-order valence-electron chi connectivity index (χ1n) is 6.21. The molecular formula is C15H14ClNO3S. The Bertz CT molecular complexity index is 800. The van der Waals surface area contributed by atoms with E-state index in [4.69, 9.17) is 10.7 Å². The zero-order chi connectivity index (χ0) is 15.6. The summed E-state index contributed by atoms with van der Waals surface area (Å²) in [5.74, 6) is -0.238. The Hall–Kier alpha value is -1.85. The Kier molecular flexibility index (Phi) is 4.34. The molecule has 0 heterocycles. The van der Waals surface area contributed by atoms with Crippen molar-refractivity contribution in [2.75, 3.05) is 5.32 Å². The maximum absolute atomic E-state index is 12.2. The maximum atomic E-state index is 12.2. The van der Waals surface area contributed by atoms with Crippen LogP contribution < -0.4 is 5.32 Å². The fraction of sp³-hybridized carbons (Fsp3) is 0.133. The van der Waals surface area contributed by atoms with Crippen molar-refractivity contribution in [3.05, 3.63) is 59.2 Å². The second-order valence-electron chi connectivity index (χ2n) is 4.68. The van der Waals surface area contributed by atoms with Crippen LogP contribution in [0.15, 0.2) is 47.4 Å². The van der Waals surface area contributed by atoms with Gasteiger partial charge in [-0.05, 0) is 49.2 Å². The minimum absolute atomic E-state index is 0.00978. The van der Waals surface area contributed by atoms with Crippen LogP contribution in [0.5, 0.6) is 0 Å². The van der Waals surface area contributed by atoms with Crippen LogP contribution in [0.3, 0.4) is 0 Å². The van der Waals surface area contributed by atoms with Gasteiger partial charge in [-0.2, -0.15) is 0 Å². The molecule has 0 unspecified atom stereocenters. The van der Waals surface area contributed by atoms with Gasteiger partial charge in [0.15, 0.2) is 0 Å². The molecule has 0 aliphatic rings. The Morgan fingerprint density at radius 1 is 1.05 bits per heavy atom. The van der Waals surface area contributed by atoms with Crippen molar-refractivity contribution in [3.8, 4) is 0 Å². The monoisotopic (exact) mass is 323 g/mol. The second kappa shape index (κ2) is 5.87. The van der Waals surface area contributed by atoms with E-state index in [0.717, 1.165) is 5.56 Å². The molecule has 0 radical (unpaired) electrons. The van der Waals surface area contributed by atoms with E-state index in [-0.39, 0.29) is 10.8 Å². The lowest BCUT2D eigenvalue weighted by Crippen LogP contribution is -2.14. The zero-order valence-corrected chi connectivity index (χ0v) is 13.1. The maximum Gasteiger partial charge on any atom is 0.261 e. The fourth-order valence-electron chi connectivity index (χ4n) is 1.95. The summed E-state index contributed by atoms with van der Waals surface area (Å²) in [7, 11) is 1.52. The number of benzene rings is 2. The average molecular weight is 324 g/mol. The van der Waals surface area contributed by atoms with Crippen molar-refractivity contribution in [3.63, 3.8) is 0 Å². The highest BCUT2D eigenvalue weighted by Crippen LogP contribution is 2.23. The molecule has 0 saturated heterocycles. The third-order valence-corrected chi connectivity index (χ3v) is 4.47. The molecule has 0 atom stereocenters. The Balaban J connectivity index is 2.29. The summed E-state index contributed by atoms with van der Waals surface area (Å²) in [5.41, 5.74) is 2.62. The largest absolute Gasteiger partial charge is 0.322 e. The van der Waals surface area contributed by atoms with Crippen LogP contribution in [0.4, 0.5) is 5.69 Å². The molecular weight excluding hydrogens is 310 g/mol. The number of halogens is 1. The smallest absolute Gasteiger partial charge is 0.261 e. The number of carbonyl (C=O) groups is 1. The number of hydrogen-bond acceptors (Lipinski definition) is 3. The van der Waals surface area contributed by atoms with Crippen LogP contribution in [0.2, 0.25) is 0 Å². The van der Waals surface area contributed by atoms with Gasteiger partial charge in [-0.3, -0.25) is 4.79 Å². The number of nitrogens with one attached hydrogen (secondary N) is 1. The van der Waals surface area contributed by atoms with Crippen molar-refractivity contribution in [1.29, 1.82) is 0 Å². The summed E-state index contributed by atoms with van der Waals surface area (Å²) < 4.78 is 22.5. The van der Waals surface area contributed by atoms with Crippen molar-refractivity contribution in [2.24, 2.45) is 0 Å². The number of amides is 1. The molecule has 0 aromatic heterocycles. The number of rotatable bonds is 3. The summed E-state index contributed by atoms with van der Waals surface area (Å²) in [6, 6.07) is 11.6. The molecule has 2 aromatic carbocycles. The molecule has 4 nitrogen and oxygen atoms in total. The molecule has 6 heteroatoms. The number of hydrogen-bond donors (Lipinski definition) is 1. The van der Waals surface area contributed by atoms with E-state index in [9.17, 15) is 13.2 Å². The molecule has 2 aromatic rings. The van der Waals surface area contributed by atoms with Crippen LogP contribution in [0, 0.1) is 13.8 Å². The number of anilines is 1. The van der Waals surface area contributed by atoms with Gasteiger partial charge in [-0.1, -0.05) is 18.2 Å². The topological polar surface area (TPSA) is 63.2 Å². The SMILES string of the molecule is Cc1cc(S(=O)(=O)Cl)ccc1NC(=O)c1ccccc1C. The molecule has 110 valence electrons. The highest BCUT2D eigenvalue weighted by atomic mass is 35.7. The van der Waals surface area contributed by atoms with E-state index in [1.54, 1.807) is 19.1 Å². The number of carbonyl (C=O) groups excluding carboxylic acids is 1. The Morgan fingerprint density at radius 3 is 2.29 bits per heavy atom. The average Bonchev–Trinajstić information content (AvgIpc) is 2.40. The van der Waals surface area contributed by atoms with Gasteiger partial charge in [0, 0.05) is 21.9 Å². The first-order chi connectivity index (χ1) is 9.79. The van der Waals surface area contributed by atoms with Crippen molar-refractivity contribution >= 4 is 31.3 Å². The van der Waals surface area contributed by atoms with Crippen LogP contribution >= 0.6 is 10.7 Å². The Morgan fingerprint density at radius 2 is 1.71 bits per heavy atom. The molecule has 0 spiro atoms. The van der Waals surface area contributed by atoms with Gasteiger partial charge < -0.3 is 5.32 Å². The molecule has 1 N–H and O–H groups in total. The minimum Gasteiger partial charge on any atom is -0.322 e. The summed E-state index contributed by atoms with van der Waals surface area (Å²) in [6.07, 6.45) is 0. The predicted octanol–water partition coefficient (Wildman–Crippen LogP) is 3.48.